The van der Waals surface area contributed by atoms with E-state index in [0.717, 1.165) is 17.8 Å². The molecule has 5 heteroatoms. The number of rotatable bonds is 2. The minimum absolute atomic E-state index is 0.445. The lowest BCUT2D eigenvalue weighted by Gasteiger charge is -2.03. The van der Waals surface area contributed by atoms with E-state index in [-0.39, 0.29) is 0 Å². The van der Waals surface area contributed by atoms with E-state index in [1.54, 1.807) is 10.7 Å². The van der Waals surface area contributed by atoms with E-state index in [4.69, 9.17) is 11.6 Å². The Morgan fingerprint density at radius 1 is 1.16 bits per heavy atom. The van der Waals surface area contributed by atoms with E-state index >= 15 is 0 Å². The molecule has 4 nitrogen and oxygen atoms in total. The van der Waals surface area contributed by atoms with E-state index in [1.165, 1.54) is 5.56 Å². The molecule has 0 amide bonds. The molecule has 0 saturated heterocycles. The first-order valence-electron chi connectivity index (χ1n) is 6.23. The molecule has 0 aliphatic heterocycles. The summed E-state index contributed by atoms with van der Waals surface area (Å²) >= 11 is 6.07. The van der Waals surface area contributed by atoms with Crippen LogP contribution in [0.1, 0.15) is 29.5 Å². The Kier molecular flexibility index (Phi) is 2.32. The highest BCUT2D eigenvalue weighted by molar-refractivity contribution is 6.29. The molecule has 4 rings (SSSR count). The van der Waals surface area contributed by atoms with Gasteiger partial charge in [-0.2, -0.15) is 5.10 Å². The molecule has 2 atom stereocenters. The van der Waals surface area contributed by atoms with Crippen LogP contribution in [0.4, 0.5) is 0 Å². The van der Waals surface area contributed by atoms with Crippen LogP contribution < -0.4 is 0 Å². The number of imidazole rings is 1. The van der Waals surface area contributed by atoms with Crippen molar-refractivity contribution in [2.75, 3.05) is 0 Å². The lowest BCUT2D eigenvalue weighted by molar-refractivity contribution is 0.899. The van der Waals surface area contributed by atoms with E-state index in [1.807, 2.05) is 30.6 Å². The van der Waals surface area contributed by atoms with Crippen LogP contribution in [0.2, 0.25) is 5.15 Å². The van der Waals surface area contributed by atoms with E-state index in [0.29, 0.717) is 17.0 Å². The number of pyridine rings is 1. The summed E-state index contributed by atoms with van der Waals surface area (Å²) in [5.41, 5.74) is 3.21. The highest BCUT2D eigenvalue weighted by Crippen LogP contribution is 2.54. The predicted molar refractivity (Wildman–Crippen MR) is 72.3 cm³/mol. The van der Waals surface area contributed by atoms with Gasteiger partial charge >= 0.3 is 0 Å². The van der Waals surface area contributed by atoms with Gasteiger partial charge in [0.25, 0.3) is 0 Å². The van der Waals surface area contributed by atoms with Crippen molar-refractivity contribution >= 4 is 17.2 Å². The third-order valence-electron chi connectivity index (χ3n) is 3.62. The molecule has 0 bridgehead atoms. The van der Waals surface area contributed by atoms with Crippen LogP contribution in [-0.2, 0) is 0 Å². The lowest BCUT2D eigenvalue weighted by atomic mass is 10.1. The van der Waals surface area contributed by atoms with E-state index in [9.17, 15) is 0 Å². The quantitative estimate of drug-likeness (QED) is 0.719. The normalized spacial score (nSPS) is 21.7. The molecule has 1 fully saturated rings. The molecule has 0 radical (unpaired) electrons. The SMILES string of the molecule is Clc1cc([C@H]2CC2c2ccccn2)c2nccn2n1. The number of hydrogen-bond acceptors (Lipinski definition) is 3. The van der Waals surface area contributed by atoms with Crippen LogP contribution in [0.5, 0.6) is 0 Å². The summed E-state index contributed by atoms with van der Waals surface area (Å²) in [6.45, 7) is 0. The second kappa shape index (κ2) is 4.03. The van der Waals surface area contributed by atoms with Crippen molar-refractivity contribution in [3.05, 3.63) is 59.3 Å². The van der Waals surface area contributed by atoms with Gasteiger partial charge in [0.2, 0.25) is 0 Å². The molecule has 1 aliphatic rings. The first kappa shape index (κ1) is 10.9. The number of hydrogen-bond donors (Lipinski definition) is 0. The van der Waals surface area contributed by atoms with Crippen molar-refractivity contribution in [2.45, 2.75) is 18.3 Å². The Labute approximate surface area is 115 Å². The summed E-state index contributed by atoms with van der Waals surface area (Å²) in [6.07, 6.45) is 6.51. The topological polar surface area (TPSA) is 43.1 Å². The van der Waals surface area contributed by atoms with E-state index in [2.05, 4.69) is 21.1 Å². The summed E-state index contributed by atoms with van der Waals surface area (Å²) in [4.78, 5) is 8.80. The second-order valence-electron chi connectivity index (χ2n) is 4.82. The minimum atomic E-state index is 0.445. The zero-order valence-electron chi connectivity index (χ0n) is 10.1. The van der Waals surface area contributed by atoms with Gasteiger partial charge in [-0.1, -0.05) is 17.7 Å². The van der Waals surface area contributed by atoms with Gasteiger partial charge in [0, 0.05) is 35.8 Å². The van der Waals surface area contributed by atoms with Crippen molar-refractivity contribution in [3.8, 4) is 0 Å². The first-order valence-corrected chi connectivity index (χ1v) is 6.61. The fourth-order valence-corrected chi connectivity index (χ4v) is 2.84. The Hall–Kier alpha value is -1.94. The van der Waals surface area contributed by atoms with Gasteiger partial charge in [-0.15, -0.1) is 0 Å². The summed E-state index contributed by atoms with van der Waals surface area (Å²) in [5, 5.41) is 4.71. The summed E-state index contributed by atoms with van der Waals surface area (Å²) in [5.74, 6) is 0.917. The molecule has 19 heavy (non-hydrogen) atoms. The lowest BCUT2D eigenvalue weighted by Crippen LogP contribution is -1.97. The van der Waals surface area contributed by atoms with Crippen LogP contribution in [-0.4, -0.2) is 19.6 Å². The zero-order valence-corrected chi connectivity index (χ0v) is 10.8. The molecular weight excluding hydrogens is 260 g/mol. The molecule has 1 saturated carbocycles. The fraction of sp³-hybridized carbons (Fsp3) is 0.214. The maximum absolute atomic E-state index is 6.07. The third kappa shape index (κ3) is 1.79. The molecule has 3 aromatic heterocycles. The number of nitrogens with zero attached hydrogens (tertiary/aromatic N) is 4. The van der Waals surface area contributed by atoms with Crippen LogP contribution in [0, 0.1) is 0 Å². The van der Waals surface area contributed by atoms with Crippen molar-refractivity contribution in [1.82, 2.24) is 19.6 Å². The van der Waals surface area contributed by atoms with Crippen molar-refractivity contribution in [1.29, 1.82) is 0 Å². The molecule has 1 unspecified atom stereocenters. The van der Waals surface area contributed by atoms with E-state index < -0.39 is 0 Å². The third-order valence-corrected chi connectivity index (χ3v) is 3.80. The van der Waals surface area contributed by atoms with Crippen molar-refractivity contribution in [3.63, 3.8) is 0 Å². The molecule has 0 aromatic carbocycles. The van der Waals surface area contributed by atoms with Gasteiger partial charge in [0.05, 0.1) is 0 Å². The van der Waals surface area contributed by atoms with Gasteiger partial charge in [0.1, 0.15) is 5.15 Å². The Morgan fingerprint density at radius 2 is 2.11 bits per heavy atom. The summed E-state index contributed by atoms with van der Waals surface area (Å²) in [7, 11) is 0. The van der Waals surface area contributed by atoms with Crippen LogP contribution >= 0.6 is 11.6 Å². The molecule has 0 N–H and O–H groups in total. The maximum Gasteiger partial charge on any atom is 0.157 e. The largest absolute Gasteiger partial charge is 0.261 e. The average Bonchev–Trinajstić information content (AvgIpc) is 3.10. The van der Waals surface area contributed by atoms with Gasteiger partial charge < -0.3 is 0 Å². The first-order chi connectivity index (χ1) is 9.33. The van der Waals surface area contributed by atoms with Gasteiger partial charge in [0.15, 0.2) is 5.65 Å². The highest BCUT2D eigenvalue weighted by atomic mass is 35.5. The van der Waals surface area contributed by atoms with Crippen molar-refractivity contribution < 1.29 is 0 Å². The fourth-order valence-electron chi connectivity index (χ4n) is 2.64. The molecular formula is C14H11ClN4. The zero-order chi connectivity index (χ0) is 12.8. The minimum Gasteiger partial charge on any atom is -0.261 e. The standard InChI is InChI=1S/C14H11ClN4/c15-13-8-11(14-17-5-6-19(14)18-13)9-7-10(9)12-3-1-2-4-16-12/h1-6,8-10H,7H2/t9-,10?/m0/s1. The highest BCUT2D eigenvalue weighted by Gasteiger charge is 2.42. The van der Waals surface area contributed by atoms with Gasteiger partial charge in [-0.05, 0) is 30.5 Å². The number of halogens is 1. The smallest absolute Gasteiger partial charge is 0.157 e. The number of fused-ring (bicyclic) bond motifs is 1. The Bertz CT molecular complexity index is 738. The van der Waals surface area contributed by atoms with Crippen LogP contribution in [0.25, 0.3) is 5.65 Å². The Balaban J connectivity index is 1.75. The molecule has 94 valence electrons. The Morgan fingerprint density at radius 3 is 2.95 bits per heavy atom. The monoisotopic (exact) mass is 270 g/mol. The average molecular weight is 271 g/mol. The molecule has 0 spiro atoms. The van der Waals surface area contributed by atoms with Crippen molar-refractivity contribution in [2.24, 2.45) is 0 Å². The predicted octanol–water partition coefficient (Wildman–Crippen LogP) is 3.05. The van der Waals surface area contributed by atoms with Crippen LogP contribution in [0.3, 0.4) is 0 Å². The maximum atomic E-state index is 6.07. The number of aromatic nitrogens is 4. The second-order valence-corrected chi connectivity index (χ2v) is 5.21. The summed E-state index contributed by atoms with van der Waals surface area (Å²) < 4.78 is 1.74. The molecule has 1 aliphatic carbocycles. The summed E-state index contributed by atoms with van der Waals surface area (Å²) in [6, 6.07) is 7.98. The van der Waals surface area contributed by atoms with Gasteiger partial charge in [-0.3, -0.25) is 4.98 Å². The molecule has 3 aromatic rings. The molecule has 3 heterocycles. The van der Waals surface area contributed by atoms with Gasteiger partial charge in [-0.25, -0.2) is 9.50 Å². The van der Waals surface area contributed by atoms with Crippen LogP contribution in [0.15, 0.2) is 42.9 Å².